The summed E-state index contributed by atoms with van der Waals surface area (Å²) in [4.78, 5) is 23.2. The van der Waals surface area contributed by atoms with E-state index in [9.17, 15) is 14.9 Å². The molecule has 7 nitrogen and oxygen atoms in total. The van der Waals surface area contributed by atoms with Gasteiger partial charge in [0, 0.05) is 17.7 Å². The number of carbonyl (C=O) groups is 1. The van der Waals surface area contributed by atoms with Crippen molar-refractivity contribution in [2.24, 2.45) is 0 Å². The molecule has 0 saturated heterocycles. The Hall–Kier alpha value is -3.10. The maximum absolute atomic E-state index is 12.4. The third-order valence-corrected chi connectivity index (χ3v) is 5.06. The molecule has 0 spiro atoms. The summed E-state index contributed by atoms with van der Waals surface area (Å²) in [6.07, 6.45) is 0. The molecule has 0 fully saturated rings. The van der Waals surface area contributed by atoms with Crippen LogP contribution in [0.5, 0.6) is 11.5 Å². The van der Waals surface area contributed by atoms with Crippen LogP contribution >= 0.6 is 22.9 Å². The van der Waals surface area contributed by atoms with Crippen molar-refractivity contribution in [2.75, 3.05) is 12.4 Å². The summed E-state index contributed by atoms with van der Waals surface area (Å²) in [5.41, 5.74) is 0.837. The van der Waals surface area contributed by atoms with E-state index in [1.807, 2.05) is 12.1 Å². The third kappa shape index (κ3) is 4.59. The molecule has 3 aromatic rings. The molecule has 0 radical (unpaired) electrons. The highest BCUT2D eigenvalue weighted by atomic mass is 35.5. The van der Waals surface area contributed by atoms with Crippen LogP contribution in [0.25, 0.3) is 0 Å². The van der Waals surface area contributed by atoms with E-state index in [-0.39, 0.29) is 23.0 Å². The minimum absolute atomic E-state index is 0.156. The molecule has 0 aliphatic carbocycles. The monoisotopic (exact) mass is 418 g/mol. The lowest BCUT2D eigenvalue weighted by atomic mass is 10.2. The summed E-state index contributed by atoms with van der Waals surface area (Å²) in [5, 5.41) is 15.5. The normalized spacial score (nSPS) is 10.4. The summed E-state index contributed by atoms with van der Waals surface area (Å²) >= 11 is 7.26. The van der Waals surface area contributed by atoms with Crippen molar-refractivity contribution in [2.45, 2.75) is 6.61 Å². The highest BCUT2D eigenvalue weighted by Crippen LogP contribution is 2.29. The molecule has 0 aliphatic heterocycles. The van der Waals surface area contributed by atoms with Gasteiger partial charge in [-0.1, -0.05) is 23.7 Å². The Bertz CT molecular complexity index is 1020. The van der Waals surface area contributed by atoms with E-state index in [2.05, 4.69) is 5.32 Å². The molecule has 144 valence electrons. The first-order valence-corrected chi connectivity index (χ1v) is 9.32. The van der Waals surface area contributed by atoms with Gasteiger partial charge in [-0.05, 0) is 29.6 Å². The van der Waals surface area contributed by atoms with Crippen molar-refractivity contribution in [3.05, 3.63) is 79.5 Å². The summed E-state index contributed by atoms with van der Waals surface area (Å²) in [7, 11) is 1.56. The highest BCUT2D eigenvalue weighted by molar-refractivity contribution is 7.12. The molecule has 0 aliphatic rings. The van der Waals surface area contributed by atoms with Gasteiger partial charge in [-0.3, -0.25) is 14.9 Å². The van der Waals surface area contributed by atoms with Crippen LogP contribution in [0.1, 0.15) is 15.2 Å². The van der Waals surface area contributed by atoms with Crippen LogP contribution in [0.2, 0.25) is 5.02 Å². The molecule has 0 atom stereocenters. The van der Waals surface area contributed by atoms with Gasteiger partial charge in [0.05, 0.1) is 27.6 Å². The molecule has 1 N–H and O–H groups in total. The second kappa shape index (κ2) is 8.73. The summed E-state index contributed by atoms with van der Waals surface area (Å²) in [6, 6.07) is 12.8. The van der Waals surface area contributed by atoms with Gasteiger partial charge in [-0.2, -0.15) is 0 Å². The SMILES string of the molecule is COc1ccccc1OCc1csc(C(=O)Nc2cc([N+](=O)[O-])ccc2Cl)c1. The lowest BCUT2D eigenvalue weighted by Gasteiger charge is -2.09. The van der Waals surface area contributed by atoms with E-state index >= 15 is 0 Å². The van der Waals surface area contributed by atoms with Crippen LogP contribution in [-0.4, -0.2) is 17.9 Å². The maximum atomic E-state index is 12.4. The highest BCUT2D eigenvalue weighted by Gasteiger charge is 2.15. The Balaban J connectivity index is 1.67. The zero-order chi connectivity index (χ0) is 20.1. The van der Waals surface area contributed by atoms with Crippen molar-refractivity contribution in [3.63, 3.8) is 0 Å². The van der Waals surface area contributed by atoms with Crippen molar-refractivity contribution >= 4 is 40.2 Å². The molecule has 0 saturated carbocycles. The number of rotatable bonds is 7. The van der Waals surface area contributed by atoms with Gasteiger partial charge in [0.15, 0.2) is 11.5 Å². The number of amides is 1. The number of nitrogens with one attached hydrogen (secondary N) is 1. The number of thiophene rings is 1. The number of hydrogen-bond donors (Lipinski definition) is 1. The molecule has 1 aromatic heterocycles. The number of ether oxygens (including phenoxy) is 2. The van der Waals surface area contributed by atoms with Gasteiger partial charge in [-0.25, -0.2) is 0 Å². The van der Waals surface area contributed by atoms with E-state index in [1.165, 1.54) is 29.5 Å². The molecule has 1 heterocycles. The van der Waals surface area contributed by atoms with E-state index < -0.39 is 10.8 Å². The van der Waals surface area contributed by atoms with Gasteiger partial charge in [0.1, 0.15) is 6.61 Å². The maximum Gasteiger partial charge on any atom is 0.271 e. The van der Waals surface area contributed by atoms with Gasteiger partial charge in [-0.15, -0.1) is 11.3 Å². The number of nitro groups is 1. The number of anilines is 1. The van der Waals surface area contributed by atoms with Crippen molar-refractivity contribution in [1.29, 1.82) is 0 Å². The summed E-state index contributed by atoms with van der Waals surface area (Å²) in [6.45, 7) is 0.266. The Morgan fingerprint density at radius 2 is 1.96 bits per heavy atom. The quantitative estimate of drug-likeness (QED) is 0.423. The number of para-hydroxylation sites is 2. The lowest BCUT2D eigenvalue weighted by molar-refractivity contribution is -0.384. The van der Waals surface area contributed by atoms with Crippen molar-refractivity contribution in [3.8, 4) is 11.5 Å². The number of non-ortho nitro benzene ring substituents is 1. The zero-order valence-electron chi connectivity index (χ0n) is 14.7. The van der Waals surface area contributed by atoms with Gasteiger partial charge in [0.2, 0.25) is 0 Å². The molecule has 0 bridgehead atoms. The number of benzene rings is 2. The molecule has 0 unspecified atom stereocenters. The molecular formula is C19H15ClN2O5S. The van der Waals surface area contributed by atoms with Crippen LogP contribution < -0.4 is 14.8 Å². The van der Waals surface area contributed by atoms with E-state index in [0.717, 1.165) is 5.56 Å². The topological polar surface area (TPSA) is 90.7 Å². The fourth-order valence-corrected chi connectivity index (χ4v) is 3.33. The fraction of sp³-hybridized carbons (Fsp3) is 0.105. The zero-order valence-corrected chi connectivity index (χ0v) is 16.3. The van der Waals surface area contributed by atoms with E-state index in [4.69, 9.17) is 21.1 Å². The van der Waals surface area contributed by atoms with Crippen LogP contribution in [0.3, 0.4) is 0 Å². The fourth-order valence-electron chi connectivity index (χ4n) is 2.38. The summed E-state index contributed by atoms with van der Waals surface area (Å²) in [5.74, 6) is 0.817. The van der Waals surface area contributed by atoms with Crippen LogP contribution in [0.15, 0.2) is 53.9 Å². The lowest BCUT2D eigenvalue weighted by Crippen LogP contribution is -2.10. The molecule has 3 rings (SSSR count). The predicted octanol–water partition coefficient (Wildman–Crippen LogP) is 5.15. The van der Waals surface area contributed by atoms with Crippen molar-refractivity contribution < 1.29 is 19.2 Å². The largest absolute Gasteiger partial charge is 0.493 e. The first-order chi connectivity index (χ1) is 13.5. The minimum atomic E-state index is -0.551. The number of halogens is 1. The smallest absolute Gasteiger partial charge is 0.271 e. The standard InChI is InChI=1S/C19H15ClN2O5S/c1-26-16-4-2-3-5-17(16)27-10-12-8-18(28-11-12)19(23)21-15-9-13(22(24)25)6-7-14(15)20/h2-9,11H,10H2,1H3,(H,21,23). The predicted molar refractivity (Wildman–Crippen MR) is 108 cm³/mol. The molecule has 1 amide bonds. The average molecular weight is 419 g/mol. The van der Waals surface area contributed by atoms with E-state index in [1.54, 1.807) is 30.7 Å². The Labute approximate surface area is 169 Å². The van der Waals surface area contributed by atoms with Gasteiger partial charge in [0.25, 0.3) is 11.6 Å². The number of nitrogens with zero attached hydrogens (tertiary/aromatic N) is 1. The molecule has 9 heteroatoms. The number of methoxy groups -OCH3 is 1. The second-order valence-corrected chi connectivity index (χ2v) is 6.95. The van der Waals surface area contributed by atoms with Crippen LogP contribution in [0, 0.1) is 10.1 Å². The third-order valence-electron chi connectivity index (χ3n) is 3.75. The first kappa shape index (κ1) is 19.7. The van der Waals surface area contributed by atoms with Crippen LogP contribution in [0.4, 0.5) is 11.4 Å². The van der Waals surface area contributed by atoms with Crippen molar-refractivity contribution in [1.82, 2.24) is 0 Å². The van der Waals surface area contributed by atoms with Gasteiger partial charge < -0.3 is 14.8 Å². The Morgan fingerprint density at radius 3 is 2.68 bits per heavy atom. The van der Waals surface area contributed by atoms with Gasteiger partial charge >= 0.3 is 0 Å². The number of hydrogen-bond acceptors (Lipinski definition) is 6. The van der Waals surface area contributed by atoms with Crippen LogP contribution in [-0.2, 0) is 6.61 Å². The Kier molecular flexibility index (Phi) is 6.13. The minimum Gasteiger partial charge on any atom is -0.493 e. The van der Waals surface area contributed by atoms with E-state index in [0.29, 0.717) is 16.4 Å². The summed E-state index contributed by atoms with van der Waals surface area (Å²) < 4.78 is 11.0. The number of nitro benzene ring substituents is 1. The molecular weight excluding hydrogens is 404 g/mol. The Morgan fingerprint density at radius 1 is 1.21 bits per heavy atom. The first-order valence-electron chi connectivity index (χ1n) is 8.06. The number of carbonyl (C=O) groups excluding carboxylic acids is 1. The second-order valence-electron chi connectivity index (χ2n) is 5.63. The average Bonchev–Trinajstić information content (AvgIpc) is 3.17. The molecule has 2 aromatic carbocycles. The molecule has 28 heavy (non-hydrogen) atoms.